The lowest BCUT2D eigenvalue weighted by Crippen LogP contribution is -2.20. The van der Waals surface area contributed by atoms with Gasteiger partial charge in [-0.2, -0.15) is 0 Å². The van der Waals surface area contributed by atoms with Crippen LogP contribution in [0.15, 0.2) is 11.6 Å². The lowest BCUT2D eigenvalue weighted by atomic mass is 10.2. The van der Waals surface area contributed by atoms with Crippen LogP contribution in [-0.4, -0.2) is 13.1 Å². The Labute approximate surface area is 89.0 Å². The lowest BCUT2D eigenvalue weighted by molar-refractivity contribution is 0.556. The molecule has 0 aromatic carbocycles. The maximum atomic E-state index is 3.42. The van der Waals surface area contributed by atoms with E-state index in [1.807, 2.05) is 6.92 Å². The van der Waals surface area contributed by atoms with Crippen molar-refractivity contribution in [2.75, 3.05) is 13.1 Å². The van der Waals surface area contributed by atoms with Crippen LogP contribution in [0.3, 0.4) is 0 Å². The quantitative estimate of drug-likeness (QED) is 0.388. The van der Waals surface area contributed by atoms with E-state index in [1.54, 1.807) is 0 Å². The highest BCUT2D eigenvalue weighted by atomic mass is 14.8. The summed E-state index contributed by atoms with van der Waals surface area (Å²) in [5, 5.41) is 3.42. The van der Waals surface area contributed by atoms with Gasteiger partial charge >= 0.3 is 0 Å². The molecule has 0 amide bonds. The monoisotopic (exact) mass is 193 g/mol. The fourth-order valence-corrected chi connectivity index (χ4v) is 1.11. The number of nitrogens with one attached hydrogen (secondary N) is 1. The highest BCUT2D eigenvalue weighted by Gasteiger charge is 1.91. The van der Waals surface area contributed by atoms with Crippen molar-refractivity contribution in [3.05, 3.63) is 11.6 Å². The summed E-state index contributed by atoms with van der Waals surface area (Å²) in [6.45, 7) is 10.7. The molecule has 0 saturated carbocycles. The fourth-order valence-electron chi connectivity index (χ4n) is 1.11. The minimum absolute atomic E-state index is 0.742. The first-order valence-electron chi connectivity index (χ1n) is 5.42. The van der Waals surface area contributed by atoms with E-state index in [9.17, 15) is 0 Å². The average Bonchev–Trinajstić information content (AvgIpc) is 2.13. The molecule has 1 heteroatoms. The van der Waals surface area contributed by atoms with Gasteiger partial charge in [0.15, 0.2) is 0 Å². The molecule has 1 nitrogen and oxygen atoms in total. The van der Waals surface area contributed by atoms with Crippen LogP contribution < -0.4 is 5.32 Å². The second kappa shape index (κ2) is 8.84. The minimum Gasteiger partial charge on any atom is -0.316 e. The van der Waals surface area contributed by atoms with Gasteiger partial charge in [0.2, 0.25) is 0 Å². The smallest absolute Gasteiger partial charge is 0.0296 e. The van der Waals surface area contributed by atoms with Gasteiger partial charge in [0.05, 0.1) is 0 Å². The van der Waals surface area contributed by atoms with Crippen LogP contribution in [0.4, 0.5) is 0 Å². The molecule has 0 heterocycles. The molecule has 0 aliphatic heterocycles. The first kappa shape index (κ1) is 13.3. The summed E-state index contributed by atoms with van der Waals surface area (Å²) >= 11 is 0. The Morgan fingerprint density at radius 1 is 1.43 bits per heavy atom. The van der Waals surface area contributed by atoms with Crippen molar-refractivity contribution in [3.63, 3.8) is 0 Å². The molecule has 0 spiro atoms. The SMILES string of the molecule is CC#CCC(C)=CCCNCC(C)C. The van der Waals surface area contributed by atoms with Crippen molar-refractivity contribution >= 4 is 0 Å². The van der Waals surface area contributed by atoms with Gasteiger partial charge in [0, 0.05) is 6.42 Å². The van der Waals surface area contributed by atoms with E-state index >= 15 is 0 Å². The van der Waals surface area contributed by atoms with Crippen molar-refractivity contribution in [2.45, 2.75) is 40.5 Å². The van der Waals surface area contributed by atoms with Crippen LogP contribution >= 0.6 is 0 Å². The molecule has 1 N–H and O–H groups in total. The third kappa shape index (κ3) is 9.35. The Morgan fingerprint density at radius 2 is 2.14 bits per heavy atom. The molecule has 0 radical (unpaired) electrons. The van der Waals surface area contributed by atoms with Gasteiger partial charge in [-0.25, -0.2) is 0 Å². The van der Waals surface area contributed by atoms with Gasteiger partial charge in [-0.3, -0.25) is 0 Å². The summed E-state index contributed by atoms with van der Waals surface area (Å²) in [5.74, 6) is 6.72. The summed E-state index contributed by atoms with van der Waals surface area (Å²) in [5.41, 5.74) is 1.38. The maximum Gasteiger partial charge on any atom is 0.0296 e. The Balaban J connectivity index is 3.44. The summed E-state index contributed by atoms with van der Waals surface area (Å²) in [7, 11) is 0. The third-order valence-electron chi connectivity index (χ3n) is 1.91. The molecule has 0 aromatic heterocycles. The van der Waals surface area contributed by atoms with Gasteiger partial charge in [0.1, 0.15) is 0 Å². The van der Waals surface area contributed by atoms with Crippen molar-refractivity contribution in [3.8, 4) is 11.8 Å². The zero-order valence-corrected chi connectivity index (χ0v) is 9.98. The predicted octanol–water partition coefficient (Wildman–Crippen LogP) is 2.98. The van der Waals surface area contributed by atoms with E-state index in [1.165, 1.54) is 5.57 Å². The second-order valence-electron chi connectivity index (χ2n) is 4.04. The fraction of sp³-hybridized carbons (Fsp3) is 0.692. The Kier molecular flexibility index (Phi) is 8.37. The van der Waals surface area contributed by atoms with Crippen molar-refractivity contribution < 1.29 is 0 Å². The molecule has 0 rings (SSSR count). The second-order valence-corrected chi connectivity index (χ2v) is 4.04. The average molecular weight is 193 g/mol. The molecule has 14 heavy (non-hydrogen) atoms. The molecule has 0 aliphatic carbocycles. The molecule has 0 bridgehead atoms. The zero-order chi connectivity index (χ0) is 10.8. The Morgan fingerprint density at radius 3 is 2.71 bits per heavy atom. The number of hydrogen-bond donors (Lipinski definition) is 1. The first-order valence-corrected chi connectivity index (χ1v) is 5.42. The van der Waals surface area contributed by atoms with Crippen LogP contribution in [0.1, 0.15) is 40.5 Å². The van der Waals surface area contributed by atoms with Crippen molar-refractivity contribution in [1.29, 1.82) is 0 Å². The van der Waals surface area contributed by atoms with Crippen LogP contribution in [0, 0.1) is 17.8 Å². The molecule has 80 valence electrons. The molecule has 0 atom stereocenters. The van der Waals surface area contributed by atoms with Gasteiger partial charge in [-0.05, 0) is 39.3 Å². The summed E-state index contributed by atoms with van der Waals surface area (Å²) in [4.78, 5) is 0. The van der Waals surface area contributed by atoms with E-state index in [4.69, 9.17) is 0 Å². The molecular weight excluding hydrogens is 170 g/mol. The van der Waals surface area contributed by atoms with Crippen molar-refractivity contribution in [2.24, 2.45) is 5.92 Å². The number of hydrogen-bond acceptors (Lipinski definition) is 1. The van der Waals surface area contributed by atoms with E-state index in [2.05, 4.69) is 44.0 Å². The van der Waals surface area contributed by atoms with Crippen LogP contribution in [0.2, 0.25) is 0 Å². The van der Waals surface area contributed by atoms with Gasteiger partial charge in [-0.15, -0.1) is 5.92 Å². The highest BCUT2D eigenvalue weighted by molar-refractivity contribution is 5.10. The molecule has 0 aliphatic rings. The molecular formula is C13H23N. The van der Waals surface area contributed by atoms with Crippen LogP contribution in [0.25, 0.3) is 0 Å². The normalized spacial score (nSPS) is 11.4. The van der Waals surface area contributed by atoms with Crippen LogP contribution in [-0.2, 0) is 0 Å². The van der Waals surface area contributed by atoms with Crippen LogP contribution in [0.5, 0.6) is 0 Å². The summed E-state index contributed by atoms with van der Waals surface area (Å²) < 4.78 is 0. The standard InChI is InChI=1S/C13H23N/c1-5-6-8-13(4)9-7-10-14-11-12(2)3/h9,12,14H,7-8,10-11H2,1-4H3. The van der Waals surface area contributed by atoms with Crippen molar-refractivity contribution in [1.82, 2.24) is 5.32 Å². The topological polar surface area (TPSA) is 12.0 Å². The predicted molar refractivity (Wildman–Crippen MR) is 64.1 cm³/mol. The molecule has 0 aromatic rings. The third-order valence-corrected chi connectivity index (χ3v) is 1.91. The van der Waals surface area contributed by atoms with Gasteiger partial charge in [0.25, 0.3) is 0 Å². The Hall–Kier alpha value is -0.740. The largest absolute Gasteiger partial charge is 0.316 e. The van der Waals surface area contributed by atoms with E-state index in [0.717, 1.165) is 31.8 Å². The van der Waals surface area contributed by atoms with Gasteiger partial charge in [-0.1, -0.05) is 31.4 Å². The van der Waals surface area contributed by atoms with Gasteiger partial charge < -0.3 is 5.32 Å². The molecule has 0 fully saturated rings. The lowest BCUT2D eigenvalue weighted by Gasteiger charge is -2.05. The summed E-state index contributed by atoms with van der Waals surface area (Å²) in [6, 6.07) is 0. The summed E-state index contributed by atoms with van der Waals surface area (Å²) in [6.07, 6.45) is 4.31. The molecule has 0 unspecified atom stereocenters. The Bertz CT molecular complexity index is 215. The number of rotatable bonds is 6. The highest BCUT2D eigenvalue weighted by Crippen LogP contribution is 1.99. The number of allylic oxidation sites excluding steroid dienone is 1. The molecule has 0 saturated heterocycles. The van der Waals surface area contributed by atoms with E-state index < -0.39 is 0 Å². The first-order chi connectivity index (χ1) is 6.66. The minimum atomic E-state index is 0.742. The van der Waals surface area contributed by atoms with E-state index in [-0.39, 0.29) is 0 Å². The maximum absolute atomic E-state index is 3.42. The van der Waals surface area contributed by atoms with E-state index in [0.29, 0.717) is 0 Å². The zero-order valence-electron chi connectivity index (χ0n) is 9.98.